The van der Waals surface area contributed by atoms with Crippen molar-refractivity contribution in [2.45, 2.75) is 45.6 Å². The summed E-state index contributed by atoms with van der Waals surface area (Å²) < 4.78 is 0. The van der Waals surface area contributed by atoms with Gasteiger partial charge in [-0.05, 0) is 49.5 Å². The lowest BCUT2D eigenvalue weighted by atomic mass is 10.1. The van der Waals surface area contributed by atoms with Gasteiger partial charge in [0.2, 0.25) is 0 Å². The fraction of sp³-hybridized carbons (Fsp3) is 0.500. The lowest BCUT2D eigenvalue weighted by Gasteiger charge is -2.25. The van der Waals surface area contributed by atoms with Crippen molar-refractivity contribution in [3.05, 3.63) is 29.5 Å². The number of carbonyl (C=O) groups is 1. The minimum Gasteiger partial charge on any atom is -0.478 e. The molecule has 1 saturated carbocycles. The predicted molar refractivity (Wildman–Crippen MR) is 80.9 cm³/mol. The Kier molecular flexibility index (Phi) is 4.77. The molecular formula is C16H22N2O2. The fourth-order valence-electron chi connectivity index (χ4n) is 2.32. The molecule has 1 N–H and O–H groups in total. The van der Waals surface area contributed by atoms with Crippen molar-refractivity contribution in [1.82, 2.24) is 4.98 Å². The van der Waals surface area contributed by atoms with Gasteiger partial charge in [-0.2, -0.15) is 0 Å². The van der Waals surface area contributed by atoms with Crippen LogP contribution in [0.3, 0.4) is 0 Å². The lowest BCUT2D eigenvalue weighted by Crippen LogP contribution is -2.28. The first kappa shape index (κ1) is 14.6. The highest BCUT2D eigenvalue weighted by Gasteiger charge is 2.30. The number of carboxylic acids is 1. The predicted octanol–water partition coefficient (Wildman–Crippen LogP) is 3.26. The highest BCUT2D eigenvalue weighted by Crippen LogP contribution is 2.32. The van der Waals surface area contributed by atoms with Crippen LogP contribution >= 0.6 is 0 Å². The number of anilines is 1. The Balaban J connectivity index is 2.16. The Hall–Kier alpha value is -1.84. The normalized spacial score (nSPS) is 14.7. The molecule has 108 valence electrons. The topological polar surface area (TPSA) is 53.4 Å². The van der Waals surface area contributed by atoms with Crippen LogP contribution in [-0.4, -0.2) is 28.6 Å². The Labute approximate surface area is 120 Å². The van der Waals surface area contributed by atoms with E-state index in [4.69, 9.17) is 5.11 Å². The van der Waals surface area contributed by atoms with Crippen LogP contribution in [0.15, 0.2) is 18.3 Å². The third-order valence-corrected chi connectivity index (χ3v) is 3.50. The monoisotopic (exact) mass is 274 g/mol. The van der Waals surface area contributed by atoms with Gasteiger partial charge in [0.25, 0.3) is 0 Å². The second kappa shape index (κ2) is 6.55. The van der Waals surface area contributed by atoms with E-state index in [0.717, 1.165) is 29.6 Å². The molecule has 20 heavy (non-hydrogen) atoms. The van der Waals surface area contributed by atoms with Gasteiger partial charge >= 0.3 is 5.97 Å². The van der Waals surface area contributed by atoms with Gasteiger partial charge in [-0.25, -0.2) is 9.78 Å². The van der Waals surface area contributed by atoms with Crippen LogP contribution in [0, 0.1) is 6.92 Å². The molecule has 1 fully saturated rings. The third kappa shape index (κ3) is 3.83. The molecule has 1 aliphatic rings. The Morgan fingerprint density at radius 3 is 2.85 bits per heavy atom. The minimum atomic E-state index is -0.936. The quantitative estimate of drug-likeness (QED) is 0.775. The molecule has 1 aliphatic carbocycles. The molecule has 1 heterocycles. The van der Waals surface area contributed by atoms with Crippen molar-refractivity contribution in [2.24, 2.45) is 0 Å². The number of hydrogen-bond donors (Lipinski definition) is 1. The highest BCUT2D eigenvalue weighted by molar-refractivity contribution is 5.85. The molecule has 0 radical (unpaired) electrons. The number of pyridine rings is 1. The first-order valence-electron chi connectivity index (χ1n) is 7.26. The van der Waals surface area contributed by atoms with Crippen LogP contribution in [0.5, 0.6) is 0 Å². The lowest BCUT2D eigenvalue weighted by molar-refractivity contribution is -0.131. The molecular weight excluding hydrogens is 252 g/mol. The van der Waals surface area contributed by atoms with Crippen molar-refractivity contribution in [3.63, 3.8) is 0 Å². The second-order valence-electron chi connectivity index (χ2n) is 5.36. The number of aryl methyl sites for hydroxylation is 1. The number of hydrogen-bond acceptors (Lipinski definition) is 3. The summed E-state index contributed by atoms with van der Waals surface area (Å²) in [6, 6.07) is 2.65. The fourth-order valence-corrected chi connectivity index (χ4v) is 2.32. The van der Waals surface area contributed by atoms with Crippen LogP contribution in [0.2, 0.25) is 0 Å². The number of aliphatic carboxylic acids is 1. The average Bonchev–Trinajstić information content (AvgIpc) is 3.23. The van der Waals surface area contributed by atoms with Crippen molar-refractivity contribution in [2.75, 3.05) is 11.4 Å². The maximum atomic E-state index is 10.5. The molecule has 0 atom stereocenters. The van der Waals surface area contributed by atoms with E-state index in [2.05, 4.69) is 16.8 Å². The number of nitrogens with zero attached hydrogens (tertiary/aromatic N) is 2. The molecule has 0 bridgehead atoms. The molecule has 0 saturated heterocycles. The smallest absolute Gasteiger partial charge is 0.328 e. The van der Waals surface area contributed by atoms with E-state index in [1.807, 2.05) is 13.0 Å². The molecule has 0 spiro atoms. The minimum absolute atomic E-state index is 0.646. The Bertz CT molecular complexity index is 507. The first-order valence-corrected chi connectivity index (χ1v) is 7.26. The summed E-state index contributed by atoms with van der Waals surface area (Å²) in [5, 5.41) is 8.65. The first-order chi connectivity index (χ1) is 9.61. The zero-order valence-electron chi connectivity index (χ0n) is 12.2. The SMILES string of the molecule is CCCCN(c1ncc(/C=C/C(=O)O)cc1C)C1CC1. The van der Waals surface area contributed by atoms with E-state index in [9.17, 15) is 4.79 Å². The molecule has 0 aliphatic heterocycles. The summed E-state index contributed by atoms with van der Waals surface area (Å²) >= 11 is 0. The molecule has 1 aromatic rings. The van der Waals surface area contributed by atoms with Crippen LogP contribution < -0.4 is 4.90 Å². The summed E-state index contributed by atoms with van der Waals surface area (Å²) in [5.74, 6) is 0.114. The van der Waals surface area contributed by atoms with E-state index in [-0.39, 0.29) is 0 Å². The van der Waals surface area contributed by atoms with Gasteiger partial charge in [-0.3, -0.25) is 0 Å². The summed E-state index contributed by atoms with van der Waals surface area (Å²) in [7, 11) is 0. The van der Waals surface area contributed by atoms with Gasteiger partial charge in [0, 0.05) is 24.9 Å². The summed E-state index contributed by atoms with van der Waals surface area (Å²) in [5.41, 5.74) is 1.94. The van der Waals surface area contributed by atoms with E-state index in [1.54, 1.807) is 12.3 Å². The summed E-state index contributed by atoms with van der Waals surface area (Å²) in [4.78, 5) is 17.5. The molecule has 4 nitrogen and oxygen atoms in total. The van der Waals surface area contributed by atoms with E-state index in [1.165, 1.54) is 25.7 Å². The third-order valence-electron chi connectivity index (χ3n) is 3.50. The van der Waals surface area contributed by atoms with Crippen LogP contribution in [-0.2, 0) is 4.79 Å². The zero-order valence-corrected chi connectivity index (χ0v) is 12.2. The Morgan fingerprint density at radius 2 is 2.30 bits per heavy atom. The maximum absolute atomic E-state index is 10.5. The highest BCUT2D eigenvalue weighted by atomic mass is 16.4. The molecule has 0 aromatic carbocycles. The van der Waals surface area contributed by atoms with Gasteiger partial charge in [0.15, 0.2) is 0 Å². The van der Waals surface area contributed by atoms with Crippen molar-refractivity contribution < 1.29 is 9.90 Å². The van der Waals surface area contributed by atoms with E-state index < -0.39 is 5.97 Å². The number of rotatable bonds is 7. The average molecular weight is 274 g/mol. The number of aromatic nitrogens is 1. The standard InChI is InChI=1S/C16H22N2O2/c1-3-4-9-18(14-6-7-14)16-12(2)10-13(11-17-16)5-8-15(19)20/h5,8,10-11,14H,3-4,6-7,9H2,1-2H3,(H,19,20)/b8-5+. The molecule has 0 unspecified atom stereocenters. The molecule has 2 rings (SSSR count). The van der Waals surface area contributed by atoms with Crippen LogP contribution in [0.1, 0.15) is 43.7 Å². The largest absolute Gasteiger partial charge is 0.478 e. The van der Waals surface area contributed by atoms with Gasteiger partial charge in [-0.1, -0.05) is 13.3 Å². The van der Waals surface area contributed by atoms with E-state index in [0.29, 0.717) is 6.04 Å². The van der Waals surface area contributed by atoms with Gasteiger partial charge in [0.1, 0.15) is 5.82 Å². The maximum Gasteiger partial charge on any atom is 0.328 e. The van der Waals surface area contributed by atoms with Gasteiger partial charge in [0.05, 0.1) is 0 Å². The molecule has 0 amide bonds. The second-order valence-corrected chi connectivity index (χ2v) is 5.36. The van der Waals surface area contributed by atoms with Crippen LogP contribution in [0.4, 0.5) is 5.82 Å². The van der Waals surface area contributed by atoms with Crippen molar-refractivity contribution in [1.29, 1.82) is 0 Å². The molecule has 4 heteroatoms. The number of unbranched alkanes of at least 4 members (excludes halogenated alkanes) is 1. The summed E-state index contributed by atoms with van der Waals surface area (Å²) in [6.07, 6.45) is 9.35. The van der Waals surface area contributed by atoms with E-state index >= 15 is 0 Å². The zero-order chi connectivity index (χ0) is 14.5. The molecule has 1 aromatic heterocycles. The van der Waals surface area contributed by atoms with Crippen molar-refractivity contribution in [3.8, 4) is 0 Å². The van der Waals surface area contributed by atoms with Gasteiger partial charge in [-0.15, -0.1) is 0 Å². The van der Waals surface area contributed by atoms with Crippen molar-refractivity contribution >= 4 is 17.9 Å². The summed E-state index contributed by atoms with van der Waals surface area (Å²) in [6.45, 7) is 5.30. The number of carboxylic acid groups (broad SMARTS) is 1. The van der Waals surface area contributed by atoms with Crippen LogP contribution in [0.25, 0.3) is 6.08 Å². The van der Waals surface area contributed by atoms with Gasteiger partial charge < -0.3 is 10.0 Å². The Morgan fingerprint density at radius 1 is 1.55 bits per heavy atom.